The Morgan fingerprint density at radius 1 is 1.24 bits per heavy atom. The van der Waals surface area contributed by atoms with Gasteiger partial charge in [0.05, 0.1) is 0 Å². The van der Waals surface area contributed by atoms with Crippen molar-refractivity contribution >= 4 is 6.09 Å². The van der Waals surface area contributed by atoms with Gasteiger partial charge in [-0.15, -0.1) is 0 Å². The predicted octanol–water partition coefficient (Wildman–Crippen LogP) is 2.95. The van der Waals surface area contributed by atoms with E-state index in [-0.39, 0.29) is 18.9 Å². The number of carbonyl (C=O) groups is 1. The van der Waals surface area contributed by atoms with Crippen LogP contribution in [0.2, 0.25) is 0 Å². The van der Waals surface area contributed by atoms with Gasteiger partial charge < -0.3 is 24.4 Å². The molecular weight excluding hydrogens is 320 g/mol. The van der Waals surface area contributed by atoms with Gasteiger partial charge in [0.2, 0.25) is 6.79 Å². The summed E-state index contributed by atoms with van der Waals surface area (Å²) in [6.45, 7) is 8.51. The summed E-state index contributed by atoms with van der Waals surface area (Å²) in [5, 5.41) is 3.35. The standard InChI is InChI=1S/C19H28N2O4/c1-19(2,3)25-18(22)21(15-6-9-20-10-7-15)11-8-14-4-5-16-17(12-14)24-13-23-16/h4-5,12,15,20H,6-11,13H2,1-3H3. The summed E-state index contributed by atoms with van der Waals surface area (Å²) in [6.07, 6.45) is 2.46. The van der Waals surface area contributed by atoms with Gasteiger partial charge in [-0.1, -0.05) is 6.07 Å². The first-order chi connectivity index (χ1) is 11.9. The van der Waals surface area contributed by atoms with Gasteiger partial charge in [-0.2, -0.15) is 0 Å². The lowest BCUT2D eigenvalue weighted by atomic mass is 10.0. The van der Waals surface area contributed by atoms with Crippen LogP contribution in [0.4, 0.5) is 4.79 Å². The number of fused-ring (bicyclic) bond motifs is 1. The maximum Gasteiger partial charge on any atom is 0.410 e. The Balaban J connectivity index is 1.67. The molecule has 1 N–H and O–H groups in total. The second-order valence-corrected chi connectivity index (χ2v) is 7.59. The van der Waals surface area contributed by atoms with Crippen molar-refractivity contribution in [1.29, 1.82) is 0 Å². The number of hydrogen-bond donors (Lipinski definition) is 1. The van der Waals surface area contributed by atoms with E-state index in [1.807, 2.05) is 43.9 Å². The number of ether oxygens (including phenoxy) is 3. The van der Waals surface area contributed by atoms with E-state index in [9.17, 15) is 4.79 Å². The maximum atomic E-state index is 12.7. The Morgan fingerprint density at radius 2 is 1.96 bits per heavy atom. The molecule has 3 rings (SSSR count). The summed E-state index contributed by atoms with van der Waals surface area (Å²) in [5.74, 6) is 1.56. The predicted molar refractivity (Wildman–Crippen MR) is 95.1 cm³/mol. The van der Waals surface area contributed by atoms with Crippen LogP contribution in [0.5, 0.6) is 11.5 Å². The van der Waals surface area contributed by atoms with Crippen molar-refractivity contribution in [3.63, 3.8) is 0 Å². The highest BCUT2D eigenvalue weighted by atomic mass is 16.7. The minimum atomic E-state index is -0.485. The quantitative estimate of drug-likeness (QED) is 0.906. The van der Waals surface area contributed by atoms with Crippen LogP contribution < -0.4 is 14.8 Å². The number of nitrogens with one attached hydrogen (secondary N) is 1. The molecule has 25 heavy (non-hydrogen) atoms. The van der Waals surface area contributed by atoms with E-state index < -0.39 is 5.60 Å². The first-order valence-electron chi connectivity index (χ1n) is 9.01. The number of carbonyl (C=O) groups excluding carboxylic acids is 1. The molecule has 2 aliphatic rings. The molecule has 1 amide bonds. The van der Waals surface area contributed by atoms with Gasteiger partial charge in [-0.25, -0.2) is 4.79 Å². The molecule has 6 heteroatoms. The van der Waals surface area contributed by atoms with E-state index in [4.69, 9.17) is 14.2 Å². The summed E-state index contributed by atoms with van der Waals surface area (Å²) in [6, 6.07) is 6.19. The minimum Gasteiger partial charge on any atom is -0.454 e. The van der Waals surface area contributed by atoms with Crippen LogP contribution in [0.1, 0.15) is 39.2 Å². The van der Waals surface area contributed by atoms with Crippen LogP contribution in [0.3, 0.4) is 0 Å². The van der Waals surface area contributed by atoms with Crippen molar-refractivity contribution in [1.82, 2.24) is 10.2 Å². The first-order valence-corrected chi connectivity index (χ1v) is 9.01. The Kier molecular flexibility index (Phi) is 5.37. The molecule has 1 aromatic carbocycles. The van der Waals surface area contributed by atoms with Crippen LogP contribution >= 0.6 is 0 Å². The van der Waals surface area contributed by atoms with Crippen LogP contribution in [-0.2, 0) is 11.2 Å². The van der Waals surface area contributed by atoms with Gasteiger partial charge in [-0.05, 0) is 70.8 Å². The number of amides is 1. The molecule has 0 bridgehead atoms. The number of piperidine rings is 1. The highest BCUT2D eigenvalue weighted by Gasteiger charge is 2.29. The van der Waals surface area contributed by atoms with Gasteiger partial charge in [0.15, 0.2) is 11.5 Å². The van der Waals surface area contributed by atoms with Gasteiger partial charge in [-0.3, -0.25) is 0 Å². The summed E-state index contributed by atoms with van der Waals surface area (Å²) in [4.78, 5) is 14.6. The van der Waals surface area contributed by atoms with Crippen molar-refractivity contribution < 1.29 is 19.0 Å². The summed E-state index contributed by atoms with van der Waals surface area (Å²) in [5.41, 5.74) is 0.646. The summed E-state index contributed by atoms with van der Waals surface area (Å²) >= 11 is 0. The van der Waals surface area contributed by atoms with Crippen molar-refractivity contribution in [3.8, 4) is 11.5 Å². The summed E-state index contributed by atoms with van der Waals surface area (Å²) < 4.78 is 16.4. The molecule has 0 atom stereocenters. The maximum absolute atomic E-state index is 12.7. The molecule has 0 saturated carbocycles. The zero-order valence-corrected chi connectivity index (χ0v) is 15.3. The van der Waals surface area contributed by atoms with Crippen LogP contribution in [-0.4, -0.2) is 49.1 Å². The fourth-order valence-electron chi connectivity index (χ4n) is 3.21. The van der Waals surface area contributed by atoms with Crippen molar-refractivity contribution in [2.75, 3.05) is 26.4 Å². The summed E-state index contributed by atoms with van der Waals surface area (Å²) in [7, 11) is 0. The largest absolute Gasteiger partial charge is 0.454 e. The number of hydrogen-bond acceptors (Lipinski definition) is 5. The number of rotatable bonds is 4. The van der Waals surface area contributed by atoms with E-state index in [1.165, 1.54) is 0 Å². The molecule has 1 fully saturated rings. The van der Waals surface area contributed by atoms with E-state index in [0.29, 0.717) is 6.54 Å². The lowest BCUT2D eigenvalue weighted by molar-refractivity contribution is 0.0132. The Hall–Kier alpha value is -1.95. The lowest BCUT2D eigenvalue weighted by Gasteiger charge is -2.36. The van der Waals surface area contributed by atoms with Crippen LogP contribution in [0.25, 0.3) is 0 Å². The van der Waals surface area contributed by atoms with Crippen LogP contribution in [0, 0.1) is 0 Å². The minimum absolute atomic E-state index is 0.222. The van der Waals surface area contributed by atoms with Crippen LogP contribution in [0.15, 0.2) is 18.2 Å². The van der Waals surface area contributed by atoms with Gasteiger partial charge in [0, 0.05) is 12.6 Å². The molecule has 2 heterocycles. The van der Waals surface area contributed by atoms with Crippen molar-refractivity contribution in [3.05, 3.63) is 23.8 Å². The second-order valence-electron chi connectivity index (χ2n) is 7.59. The third-order valence-electron chi connectivity index (χ3n) is 4.46. The Bertz CT molecular complexity index is 606. The first kappa shape index (κ1) is 17.9. The van der Waals surface area contributed by atoms with Gasteiger partial charge in [0.1, 0.15) is 5.60 Å². The molecule has 138 valence electrons. The molecule has 2 aliphatic heterocycles. The molecule has 1 aromatic rings. The third-order valence-corrected chi connectivity index (χ3v) is 4.46. The Morgan fingerprint density at radius 3 is 2.68 bits per heavy atom. The topological polar surface area (TPSA) is 60.0 Å². The zero-order chi connectivity index (χ0) is 17.9. The molecule has 0 radical (unpaired) electrons. The normalized spacial score (nSPS) is 17.4. The number of nitrogens with zero attached hydrogens (tertiary/aromatic N) is 1. The lowest BCUT2D eigenvalue weighted by Crippen LogP contribution is -2.48. The van der Waals surface area contributed by atoms with Crippen molar-refractivity contribution in [2.24, 2.45) is 0 Å². The smallest absolute Gasteiger partial charge is 0.410 e. The van der Waals surface area contributed by atoms with Crippen molar-refractivity contribution in [2.45, 2.75) is 51.7 Å². The van der Waals surface area contributed by atoms with E-state index in [0.717, 1.165) is 49.4 Å². The SMILES string of the molecule is CC(C)(C)OC(=O)N(CCc1ccc2c(c1)OCO2)C1CCNCC1. The van der Waals surface area contributed by atoms with Gasteiger partial charge in [0.25, 0.3) is 0 Å². The van der Waals surface area contributed by atoms with E-state index >= 15 is 0 Å². The molecule has 0 aliphatic carbocycles. The molecule has 0 unspecified atom stereocenters. The average molecular weight is 348 g/mol. The molecule has 0 spiro atoms. The average Bonchev–Trinajstić information content (AvgIpc) is 3.02. The molecular formula is C19H28N2O4. The molecule has 1 saturated heterocycles. The monoisotopic (exact) mass is 348 g/mol. The Labute approximate surface area is 149 Å². The van der Waals surface area contributed by atoms with Gasteiger partial charge >= 0.3 is 6.09 Å². The second kappa shape index (κ2) is 7.52. The number of benzene rings is 1. The fraction of sp³-hybridized carbons (Fsp3) is 0.632. The highest BCUT2D eigenvalue weighted by molar-refractivity contribution is 5.68. The van der Waals surface area contributed by atoms with E-state index in [2.05, 4.69) is 5.32 Å². The molecule has 0 aromatic heterocycles. The third kappa shape index (κ3) is 4.78. The highest BCUT2D eigenvalue weighted by Crippen LogP contribution is 2.32. The zero-order valence-electron chi connectivity index (χ0n) is 15.3. The fourth-order valence-corrected chi connectivity index (χ4v) is 3.21. The van der Waals surface area contributed by atoms with E-state index in [1.54, 1.807) is 0 Å². The molecule has 6 nitrogen and oxygen atoms in total.